The van der Waals surface area contributed by atoms with Crippen molar-refractivity contribution in [2.45, 2.75) is 57.8 Å². The van der Waals surface area contributed by atoms with Gasteiger partial charge in [0.1, 0.15) is 11.8 Å². The van der Waals surface area contributed by atoms with Crippen molar-refractivity contribution >= 4 is 14.0 Å². The van der Waals surface area contributed by atoms with Gasteiger partial charge < -0.3 is 15.1 Å². The third-order valence-electron chi connectivity index (χ3n) is 5.49. The minimum atomic E-state index is -1.30. The number of hydrogen-bond acceptors (Lipinski definition) is 5. The number of hydrogen-bond donors (Lipinski definition) is 1. The highest BCUT2D eigenvalue weighted by atomic mass is 28.3. The van der Waals surface area contributed by atoms with Crippen LogP contribution in [0.4, 0.5) is 0 Å². The highest BCUT2D eigenvalue weighted by Gasteiger charge is 2.48. The zero-order valence-electron chi connectivity index (χ0n) is 19.6. The fourth-order valence-corrected chi connectivity index (χ4v) is 5.58. The van der Waals surface area contributed by atoms with Gasteiger partial charge in [-0.1, -0.05) is 32.3 Å². The fraction of sp³-hybridized carbons (Fsp3) is 0.522. The predicted octanol–water partition coefficient (Wildman–Crippen LogP) is 3.69. The number of nitrogens with one attached hydrogen (secondary N) is 1. The average Bonchev–Trinajstić information content (AvgIpc) is 2.63. The standard InChI is InChI=1S/C23H35N5OSi/c1-10-28(6)18(15-27(5)16-30(7,8)9)13-23(4)20-19(12-11-17(14-24)25-20)22(2,3)26-21(23)29/h10-12,15H,1,13,16H2,2-9H3,(H,26,29)/b18-15-. The molecule has 6 nitrogen and oxygen atoms in total. The van der Waals surface area contributed by atoms with Gasteiger partial charge in [-0.2, -0.15) is 5.26 Å². The summed E-state index contributed by atoms with van der Waals surface area (Å²) in [6.07, 6.45) is 5.31. The highest BCUT2D eigenvalue weighted by molar-refractivity contribution is 6.76. The van der Waals surface area contributed by atoms with Crippen LogP contribution in [0.5, 0.6) is 0 Å². The van der Waals surface area contributed by atoms with Gasteiger partial charge in [0.2, 0.25) is 5.91 Å². The lowest BCUT2D eigenvalue weighted by Crippen LogP contribution is -2.56. The number of amides is 1. The number of nitriles is 1. The summed E-state index contributed by atoms with van der Waals surface area (Å²) in [5.74, 6) is -0.0844. The zero-order chi connectivity index (χ0) is 22.9. The molecule has 1 aliphatic heterocycles. The molecule has 2 heterocycles. The van der Waals surface area contributed by atoms with Crippen molar-refractivity contribution in [3.05, 3.63) is 53.8 Å². The lowest BCUT2D eigenvalue weighted by atomic mass is 9.71. The zero-order valence-corrected chi connectivity index (χ0v) is 20.6. The van der Waals surface area contributed by atoms with E-state index in [1.54, 1.807) is 12.3 Å². The molecular weight excluding hydrogens is 390 g/mol. The summed E-state index contributed by atoms with van der Waals surface area (Å²) in [6.45, 7) is 16.7. The summed E-state index contributed by atoms with van der Waals surface area (Å²) in [5.41, 5.74) is 1.46. The van der Waals surface area contributed by atoms with E-state index in [0.29, 0.717) is 17.8 Å². The van der Waals surface area contributed by atoms with Crippen LogP contribution in [0.15, 0.2) is 36.8 Å². The Morgan fingerprint density at radius 1 is 1.30 bits per heavy atom. The molecule has 1 unspecified atom stereocenters. The topological polar surface area (TPSA) is 72.3 Å². The minimum absolute atomic E-state index is 0.0844. The van der Waals surface area contributed by atoms with Gasteiger partial charge in [0.15, 0.2) is 0 Å². The first-order chi connectivity index (χ1) is 13.7. The molecule has 1 N–H and O–H groups in total. The third kappa shape index (κ3) is 4.93. The molecule has 0 bridgehead atoms. The van der Waals surface area contributed by atoms with E-state index < -0.39 is 19.0 Å². The maximum Gasteiger partial charge on any atom is 0.233 e. The van der Waals surface area contributed by atoms with Crippen LogP contribution in [0.25, 0.3) is 0 Å². The average molecular weight is 426 g/mol. The van der Waals surface area contributed by atoms with Gasteiger partial charge in [-0.25, -0.2) is 4.98 Å². The van der Waals surface area contributed by atoms with Crippen molar-refractivity contribution in [1.82, 2.24) is 20.1 Å². The molecule has 0 fully saturated rings. The number of carbonyl (C=O) groups is 1. The molecule has 0 aromatic carbocycles. The molecule has 0 spiro atoms. The Hall–Kier alpha value is -2.59. The third-order valence-corrected chi connectivity index (χ3v) is 6.94. The smallest absolute Gasteiger partial charge is 0.233 e. The van der Waals surface area contributed by atoms with Crippen molar-refractivity contribution in [1.29, 1.82) is 5.26 Å². The molecule has 1 atom stereocenters. The van der Waals surface area contributed by atoms with Crippen LogP contribution in [0, 0.1) is 11.3 Å². The number of fused-ring (bicyclic) bond motifs is 1. The fourth-order valence-electron chi connectivity index (χ4n) is 4.00. The number of carbonyl (C=O) groups excluding carboxylic acids is 1. The summed E-state index contributed by atoms with van der Waals surface area (Å²) in [7, 11) is 2.71. The number of pyridine rings is 1. The Morgan fingerprint density at radius 3 is 2.47 bits per heavy atom. The Labute approximate surface area is 182 Å². The molecule has 30 heavy (non-hydrogen) atoms. The van der Waals surface area contributed by atoms with Crippen LogP contribution in [-0.4, -0.2) is 49.0 Å². The molecule has 0 saturated heterocycles. The summed E-state index contributed by atoms with van der Waals surface area (Å²) >= 11 is 0. The first kappa shape index (κ1) is 23.7. The summed E-state index contributed by atoms with van der Waals surface area (Å²) < 4.78 is 0. The maximum absolute atomic E-state index is 13.3. The number of aromatic nitrogens is 1. The summed E-state index contributed by atoms with van der Waals surface area (Å²) in [4.78, 5) is 22.1. The molecule has 1 aliphatic rings. The van der Waals surface area contributed by atoms with Crippen LogP contribution < -0.4 is 5.32 Å². The second-order valence-corrected chi connectivity index (χ2v) is 15.6. The van der Waals surface area contributed by atoms with Crippen LogP contribution in [-0.2, 0) is 15.7 Å². The van der Waals surface area contributed by atoms with E-state index in [0.717, 1.165) is 17.4 Å². The van der Waals surface area contributed by atoms with E-state index in [9.17, 15) is 10.1 Å². The second kappa shape index (κ2) is 8.27. The van der Waals surface area contributed by atoms with Gasteiger partial charge in [-0.15, -0.1) is 0 Å². The SMILES string of the molecule is C=CN(C)/C(=C\N(C)C[Si](C)(C)C)CC1(C)C(=O)NC(C)(C)c2ccc(C#N)nc21. The molecule has 1 amide bonds. The van der Waals surface area contributed by atoms with Crippen molar-refractivity contribution < 1.29 is 4.79 Å². The van der Waals surface area contributed by atoms with E-state index in [-0.39, 0.29) is 5.91 Å². The Bertz CT molecular complexity index is 909. The number of rotatable bonds is 7. The highest BCUT2D eigenvalue weighted by Crippen LogP contribution is 2.41. The quantitative estimate of drug-likeness (QED) is 0.675. The van der Waals surface area contributed by atoms with Gasteiger partial charge in [-0.05, 0) is 38.6 Å². The molecule has 1 aromatic rings. The van der Waals surface area contributed by atoms with Crippen molar-refractivity contribution in [3.8, 4) is 6.07 Å². The second-order valence-electron chi connectivity index (χ2n) is 10.2. The molecule has 1 aromatic heterocycles. The van der Waals surface area contributed by atoms with Crippen LogP contribution in [0.3, 0.4) is 0 Å². The van der Waals surface area contributed by atoms with E-state index in [2.05, 4.69) is 60.7 Å². The van der Waals surface area contributed by atoms with Gasteiger partial charge in [0, 0.05) is 38.6 Å². The summed E-state index contributed by atoms with van der Waals surface area (Å²) in [5, 5.41) is 12.5. The van der Waals surface area contributed by atoms with E-state index in [4.69, 9.17) is 0 Å². The predicted molar refractivity (Wildman–Crippen MR) is 124 cm³/mol. The molecule has 7 heteroatoms. The van der Waals surface area contributed by atoms with Crippen molar-refractivity contribution in [2.24, 2.45) is 0 Å². The minimum Gasteiger partial charge on any atom is -0.382 e. The molecule has 0 aliphatic carbocycles. The lowest BCUT2D eigenvalue weighted by molar-refractivity contribution is -0.129. The van der Waals surface area contributed by atoms with Crippen LogP contribution >= 0.6 is 0 Å². The Balaban J connectivity index is 2.57. The van der Waals surface area contributed by atoms with E-state index >= 15 is 0 Å². The summed E-state index contributed by atoms with van der Waals surface area (Å²) in [6, 6.07) is 5.74. The van der Waals surface area contributed by atoms with Crippen molar-refractivity contribution in [2.75, 3.05) is 20.3 Å². The van der Waals surface area contributed by atoms with E-state index in [1.165, 1.54) is 0 Å². The van der Waals surface area contributed by atoms with Gasteiger partial charge in [0.25, 0.3) is 0 Å². The maximum atomic E-state index is 13.3. The molecule has 0 saturated carbocycles. The van der Waals surface area contributed by atoms with Gasteiger partial charge >= 0.3 is 0 Å². The number of allylic oxidation sites excluding steroid dienone is 1. The van der Waals surface area contributed by atoms with Gasteiger partial charge in [0.05, 0.1) is 24.7 Å². The van der Waals surface area contributed by atoms with Crippen LogP contribution in [0.1, 0.15) is 44.1 Å². The monoisotopic (exact) mass is 425 g/mol. The molecule has 2 rings (SSSR count). The van der Waals surface area contributed by atoms with Gasteiger partial charge in [-0.3, -0.25) is 4.79 Å². The first-order valence-electron chi connectivity index (χ1n) is 10.2. The first-order valence-corrected chi connectivity index (χ1v) is 14.0. The molecule has 0 radical (unpaired) electrons. The Kier molecular flexibility index (Phi) is 6.53. The normalized spacial score (nSPS) is 20.6. The number of nitrogens with zero attached hydrogens (tertiary/aromatic N) is 4. The molecule has 162 valence electrons. The van der Waals surface area contributed by atoms with E-state index in [1.807, 2.05) is 38.8 Å². The molecular formula is C23H35N5OSi. The van der Waals surface area contributed by atoms with Crippen LogP contribution in [0.2, 0.25) is 19.6 Å². The largest absolute Gasteiger partial charge is 0.382 e. The Morgan fingerprint density at radius 2 is 1.93 bits per heavy atom. The van der Waals surface area contributed by atoms with Crippen molar-refractivity contribution in [3.63, 3.8) is 0 Å². The lowest BCUT2D eigenvalue weighted by Gasteiger charge is -2.43.